The third kappa shape index (κ3) is 6.24. The van der Waals surface area contributed by atoms with E-state index in [1.807, 2.05) is 13.8 Å². The molecule has 0 aromatic carbocycles. The molecular weight excluding hydrogens is 138 g/mol. The molecule has 0 fully saturated rings. The first kappa shape index (κ1) is 8.24. The van der Waals surface area contributed by atoms with Gasteiger partial charge in [0.05, 0.1) is 4.99 Å². The number of hydrogen-bond donors (Lipinski definition) is 2. The molecule has 0 aliphatic rings. The van der Waals surface area contributed by atoms with Crippen molar-refractivity contribution in [1.82, 2.24) is 5.32 Å². The lowest BCUT2D eigenvalue weighted by atomic mass is 10.5. The first-order valence-electron chi connectivity index (χ1n) is 2.55. The van der Waals surface area contributed by atoms with E-state index in [-0.39, 0.29) is 0 Å². The molecule has 0 aliphatic carbocycles. The summed E-state index contributed by atoms with van der Waals surface area (Å²) in [5.74, 6) is 0. The molecule has 1 atom stereocenters. The van der Waals surface area contributed by atoms with E-state index < -0.39 is 0 Å². The van der Waals surface area contributed by atoms with Gasteiger partial charge in [-0.1, -0.05) is 19.1 Å². The van der Waals surface area contributed by atoms with Crippen molar-refractivity contribution < 1.29 is 0 Å². The fourth-order valence-corrected chi connectivity index (χ4v) is 0.466. The molecule has 0 aromatic rings. The second-order valence-electron chi connectivity index (χ2n) is 1.79. The van der Waals surface area contributed by atoms with Crippen molar-refractivity contribution in [2.24, 2.45) is 0 Å². The van der Waals surface area contributed by atoms with Gasteiger partial charge in [0.2, 0.25) is 0 Å². The highest BCUT2D eigenvalue weighted by Gasteiger charge is 1.90. The third-order valence-corrected chi connectivity index (χ3v) is 0.973. The van der Waals surface area contributed by atoms with Crippen LogP contribution in [0.4, 0.5) is 0 Å². The highest BCUT2D eigenvalue weighted by atomic mass is 32.1. The zero-order valence-corrected chi connectivity index (χ0v) is 6.85. The van der Waals surface area contributed by atoms with Crippen LogP contribution in [-0.2, 0) is 0 Å². The van der Waals surface area contributed by atoms with E-state index in [0.717, 1.165) is 11.5 Å². The van der Waals surface area contributed by atoms with E-state index in [1.54, 1.807) is 0 Å². The molecule has 0 spiro atoms. The van der Waals surface area contributed by atoms with Crippen molar-refractivity contribution in [3.8, 4) is 0 Å². The number of thiocarbonyl (C=S) groups is 1. The third-order valence-electron chi connectivity index (χ3n) is 0.646. The van der Waals surface area contributed by atoms with Gasteiger partial charge in [0.15, 0.2) is 0 Å². The maximum atomic E-state index is 4.77. The number of nitrogens with one attached hydrogen (secondary N) is 1. The predicted octanol–water partition coefficient (Wildman–Crippen LogP) is 1.24. The minimum absolute atomic E-state index is 0.382. The normalized spacial score (nSPS) is 12.9. The number of thiol groups is 1. The van der Waals surface area contributed by atoms with Crippen LogP contribution in [0.2, 0.25) is 0 Å². The minimum Gasteiger partial charge on any atom is -0.379 e. The van der Waals surface area contributed by atoms with Crippen LogP contribution >= 0.6 is 24.8 Å². The van der Waals surface area contributed by atoms with Gasteiger partial charge in [-0.15, -0.1) is 0 Å². The standard InChI is InChI=1S/C5H11NS2/c1-4(7)3-6-5(2)8/h4,7H,3H2,1-2H3,(H,6,8). The van der Waals surface area contributed by atoms with Gasteiger partial charge in [-0.25, -0.2) is 0 Å². The summed E-state index contributed by atoms with van der Waals surface area (Å²) in [5.41, 5.74) is 0. The molecule has 0 rings (SSSR count). The van der Waals surface area contributed by atoms with Crippen LogP contribution in [0.15, 0.2) is 0 Å². The first-order chi connectivity index (χ1) is 3.63. The average molecular weight is 149 g/mol. The fraction of sp³-hybridized carbons (Fsp3) is 0.800. The summed E-state index contributed by atoms with van der Waals surface area (Å²) in [4.78, 5) is 0.839. The van der Waals surface area contributed by atoms with Crippen molar-refractivity contribution in [2.45, 2.75) is 19.1 Å². The summed E-state index contributed by atoms with van der Waals surface area (Å²) >= 11 is 8.92. The Balaban J connectivity index is 3.05. The first-order valence-corrected chi connectivity index (χ1v) is 3.48. The van der Waals surface area contributed by atoms with Crippen molar-refractivity contribution in [3.63, 3.8) is 0 Å². The molecule has 0 amide bonds. The lowest BCUT2D eigenvalue weighted by Crippen LogP contribution is -2.24. The average Bonchev–Trinajstić information content (AvgIpc) is 1.61. The van der Waals surface area contributed by atoms with Crippen LogP contribution in [0.25, 0.3) is 0 Å². The zero-order chi connectivity index (χ0) is 6.57. The molecule has 0 aromatic heterocycles. The summed E-state index contributed by atoms with van der Waals surface area (Å²) in [5, 5.41) is 3.38. The summed E-state index contributed by atoms with van der Waals surface area (Å²) in [6.45, 7) is 4.75. The Bertz CT molecular complexity index is 80.5. The van der Waals surface area contributed by atoms with Gasteiger partial charge in [-0.05, 0) is 6.92 Å². The van der Waals surface area contributed by atoms with Gasteiger partial charge in [0.1, 0.15) is 0 Å². The van der Waals surface area contributed by atoms with Gasteiger partial charge in [-0.3, -0.25) is 0 Å². The molecule has 0 saturated heterocycles. The zero-order valence-electron chi connectivity index (χ0n) is 5.14. The van der Waals surface area contributed by atoms with Gasteiger partial charge < -0.3 is 5.32 Å². The Morgan fingerprint density at radius 1 is 1.88 bits per heavy atom. The lowest BCUT2D eigenvalue weighted by Gasteiger charge is -2.04. The Morgan fingerprint density at radius 2 is 2.38 bits per heavy atom. The highest BCUT2D eigenvalue weighted by Crippen LogP contribution is 1.87. The van der Waals surface area contributed by atoms with Gasteiger partial charge in [0, 0.05) is 11.8 Å². The smallest absolute Gasteiger partial charge is 0.0722 e. The van der Waals surface area contributed by atoms with E-state index in [9.17, 15) is 0 Å². The summed E-state index contributed by atoms with van der Waals surface area (Å²) in [6, 6.07) is 0. The minimum atomic E-state index is 0.382. The quantitative estimate of drug-likeness (QED) is 0.452. The van der Waals surface area contributed by atoms with E-state index >= 15 is 0 Å². The predicted molar refractivity (Wildman–Crippen MR) is 44.7 cm³/mol. The van der Waals surface area contributed by atoms with E-state index in [2.05, 4.69) is 17.9 Å². The molecule has 0 radical (unpaired) electrons. The molecule has 8 heavy (non-hydrogen) atoms. The van der Waals surface area contributed by atoms with Gasteiger partial charge in [-0.2, -0.15) is 12.6 Å². The second-order valence-corrected chi connectivity index (χ2v) is 3.28. The van der Waals surface area contributed by atoms with E-state index in [1.165, 1.54) is 0 Å². The summed E-state index contributed by atoms with van der Waals surface area (Å²) in [7, 11) is 0. The molecule has 1 N–H and O–H groups in total. The molecule has 0 heterocycles. The van der Waals surface area contributed by atoms with Crippen molar-refractivity contribution >= 4 is 29.8 Å². The fourth-order valence-electron chi connectivity index (χ4n) is 0.291. The number of rotatable bonds is 2. The SMILES string of the molecule is CC(=S)NCC(C)S. The largest absolute Gasteiger partial charge is 0.379 e. The molecule has 0 aliphatic heterocycles. The molecule has 1 nitrogen and oxygen atoms in total. The summed E-state index contributed by atoms with van der Waals surface area (Å²) in [6.07, 6.45) is 0. The Kier molecular flexibility index (Phi) is 4.28. The van der Waals surface area contributed by atoms with Crippen molar-refractivity contribution in [1.29, 1.82) is 0 Å². The van der Waals surface area contributed by atoms with Gasteiger partial charge in [0.25, 0.3) is 0 Å². The molecule has 1 unspecified atom stereocenters. The van der Waals surface area contributed by atoms with Crippen LogP contribution < -0.4 is 5.32 Å². The van der Waals surface area contributed by atoms with Crippen LogP contribution in [0.3, 0.4) is 0 Å². The molecule has 0 saturated carbocycles. The van der Waals surface area contributed by atoms with Crippen molar-refractivity contribution in [2.75, 3.05) is 6.54 Å². The lowest BCUT2D eigenvalue weighted by molar-refractivity contribution is 0.867. The van der Waals surface area contributed by atoms with Gasteiger partial charge >= 0.3 is 0 Å². The van der Waals surface area contributed by atoms with Crippen LogP contribution in [0.5, 0.6) is 0 Å². The number of hydrogen-bond acceptors (Lipinski definition) is 2. The molecule has 48 valence electrons. The van der Waals surface area contributed by atoms with E-state index in [0.29, 0.717) is 5.25 Å². The topological polar surface area (TPSA) is 12.0 Å². The summed E-state index contributed by atoms with van der Waals surface area (Å²) < 4.78 is 0. The molecule has 0 bridgehead atoms. The monoisotopic (exact) mass is 149 g/mol. The van der Waals surface area contributed by atoms with Crippen LogP contribution in [0, 0.1) is 0 Å². The molecular formula is C5H11NS2. The maximum absolute atomic E-state index is 4.77. The van der Waals surface area contributed by atoms with Crippen molar-refractivity contribution in [3.05, 3.63) is 0 Å². The molecule has 3 heteroatoms. The van der Waals surface area contributed by atoms with Crippen LogP contribution in [-0.4, -0.2) is 16.8 Å². The highest BCUT2D eigenvalue weighted by molar-refractivity contribution is 7.81. The Labute approximate surface area is 61.3 Å². The Hall–Kier alpha value is 0.240. The maximum Gasteiger partial charge on any atom is 0.0722 e. The Morgan fingerprint density at radius 3 is 2.50 bits per heavy atom. The second kappa shape index (κ2) is 4.15. The van der Waals surface area contributed by atoms with E-state index in [4.69, 9.17) is 12.2 Å². The van der Waals surface area contributed by atoms with Crippen LogP contribution in [0.1, 0.15) is 13.8 Å².